The van der Waals surface area contributed by atoms with Crippen LogP contribution < -0.4 is 4.90 Å². The molecule has 0 amide bonds. The molecule has 2 saturated heterocycles. The maximum Gasteiger partial charge on any atom is 0.0612 e. The summed E-state index contributed by atoms with van der Waals surface area (Å²) < 4.78 is 6.38. The Balaban J connectivity index is 0.000000880. The second-order valence-corrected chi connectivity index (χ2v) is 7.50. The van der Waals surface area contributed by atoms with Gasteiger partial charge in [0, 0.05) is 24.8 Å². The van der Waals surface area contributed by atoms with Crippen molar-refractivity contribution in [1.82, 2.24) is 4.90 Å². The van der Waals surface area contributed by atoms with Crippen LogP contribution in [0.3, 0.4) is 0 Å². The zero-order chi connectivity index (χ0) is 17.5. The van der Waals surface area contributed by atoms with Crippen molar-refractivity contribution in [2.45, 2.75) is 77.0 Å². The normalized spacial score (nSPS) is 28.0. The lowest BCUT2D eigenvalue weighted by molar-refractivity contribution is -0.0961. The van der Waals surface area contributed by atoms with Gasteiger partial charge in [-0.15, -0.1) is 0 Å². The first-order valence-corrected chi connectivity index (χ1v) is 10.6. The van der Waals surface area contributed by atoms with Crippen molar-refractivity contribution in [3.8, 4) is 0 Å². The molecule has 0 radical (unpaired) electrons. The van der Waals surface area contributed by atoms with Gasteiger partial charge in [-0.1, -0.05) is 38.5 Å². The number of ether oxygens (including phenoxy) is 1. The third kappa shape index (κ3) is 4.98. The van der Waals surface area contributed by atoms with Gasteiger partial charge in [0.25, 0.3) is 0 Å². The molecule has 25 heavy (non-hydrogen) atoms. The third-order valence-corrected chi connectivity index (χ3v) is 5.93. The van der Waals surface area contributed by atoms with Crippen LogP contribution in [-0.4, -0.2) is 49.3 Å². The summed E-state index contributed by atoms with van der Waals surface area (Å²) in [4.78, 5) is 5.21. The molecule has 4 rings (SSSR count). The van der Waals surface area contributed by atoms with E-state index in [0.29, 0.717) is 12.2 Å². The van der Waals surface area contributed by atoms with Crippen molar-refractivity contribution in [3.63, 3.8) is 0 Å². The zero-order valence-corrected chi connectivity index (χ0v) is 16.2. The predicted octanol–water partition coefficient (Wildman–Crippen LogP) is 4.72. The van der Waals surface area contributed by atoms with Crippen molar-refractivity contribution in [1.29, 1.82) is 0 Å². The topological polar surface area (TPSA) is 15.7 Å². The van der Waals surface area contributed by atoms with Crippen molar-refractivity contribution in [3.05, 3.63) is 30.3 Å². The van der Waals surface area contributed by atoms with Gasteiger partial charge < -0.3 is 14.5 Å². The molecule has 140 valence electrons. The predicted molar refractivity (Wildman–Crippen MR) is 106 cm³/mol. The standard InChI is InChI=1S/C20H30N2O.C2H6/c1-3-7-17(8-4-1)22-13-9-19(10-14-22)23-20-15-18(16-20)21-11-5-2-6-12-21;1-2/h1,3-4,7-8,18-20H,2,5-6,9-16H2;1-2H3. The summed E-state index contributed by atoms with van der Waals surface area (Å²) in [6.45, 7) is 8.92. The van der Waals surface area contributed by atoms with Gasteiger partial charge in [0.1, 0.15) is 0 Å². The number of benzene rings is 1. The molecule has 0 unspecified atom stereocenters. The molecule has 3 nitrogen and oxygen atoms in total. The highest BCUT2D eigenvalue weighted by atomic mass is 16.5. The van der Waals surface area contributed by atoms with Crippen LogP contribution in [0.15, 0.2) is 30.3 Å². The molecule has 3 fully saturated rings. The van der Waals surface area contributed by atoms with Crippen LogP contribution in [0, 0.1) is 0 Å². The molecule has 0 atom stereocenters. The van der Waals surface area contributed by atoms with Crippen LogP contribution in [-0.2, 0) is 4.74 Å². The second-order valence-electron chi connectivity index (χ2n) is 7.50. The zero-order valence-electron chi connectivity index (χ0n) is 16.2. The van der Waals surface area contributed by atoms with Gasteiger partial charge in [-0.2, -0.15) is 0 Å². The van der Waals surface area contributed by atoms with E-state index in [9.17, 15) is 0 Å². The molecule has 1 aliphatic carbocycles. The van der Waals surface area contributed by atoms with Crippen molar-refractivity contribution >= 4 is 5.69 Å². The summed E-state index contributed by atoms with van der Waals surface area (Å²) in [5, 5.41) is 0. The Morgan fingerprint density at radius 1 is 0.800 bits per heavy atom. The van der Waals surface area contributed by atoms with E-state index in [0.717, 1.165) is 19.1 Å². The average Bonchev–Trinajstić information content (AvgIpc) is 2.68. The minimum atomic E-state index is 0.488. The molecule has 0 spiro atoms. The number of hydrogen-bond donors (Lipinski definition) is 0. The van der Waals surface area contributed by atoms with Crippen LogP contribution in [0.5, 0.6) is 0 Å². The minimum Gasteiger partial charge on any atom is -0.375 e. The van der Waals surface area contributed by atoms with E-state index in [1.54, 1.807) is 0 Å². The molecular weight excluding hydrogens is 308 g/mol. The van der Waals surface area contributed by atoms with E-state index in [1.165, 1.54) is 63.7 Å². The summed E-state index contributed by atoms with van der Waals surface area (Å²) in [7, 11) is 0. The van der Waals surface area contributed by atoms with Crippen LogP contribution >= 0.6 is 0 Å². The Hall–Kier alpha value is -1.06. The Labute approximate surface area is 154 Å². The maximum atomic E-state index is 6.38. The summed E-state index contributed by atoms with van der Waals surface area (Å²) in [5.74, 6) is 0. The maximum absolute atomic E-state index is 6.38. The second kappa shape index (κ2) is 9.59. The highest BCUT2D eigenvalue weighted by molar-refractivity contribution is 5.46. The Morgan fingerprint density at radius 3 is 2.08 bits per heavy atom. The summed E-state index contributed by atoms with van der Waals surface area (Å²) in [6, 6.07) is 11.6. The van der Waals surface area contributed by atoms with Gasteiger partial charge in [0.2, 0.25) is 0 Å². The fourth-order valence-electron chi connectivity index (χ4n) is 4.39. The lowest BCUT2D eigenvalue weighted by Crippen LogP contribution is -2.51. The first-order valence-electron chi connectivity index (χ1n) is 10.6. The largest absolute Gasteiger partial charge is 0.375 e. The molecule has 3 heteroatoms. The number of rotatable bonds is 4. The number of anilines is 1. The Kier molecular flexibility index (Phi) is 7.18. The highest BCUT2D eigenvalue weighted by Crippen LogP contribution is 2.32. The number of likely N-dealkylation sites (tertiary alicyclic amines) is 1. The van der Waals surface area contributed by atoms with Crippen LogP contribution in [0.1, 0.15) is 58.8 Å². The molecule has 0 aromatic heterocycles. The van der Waals surface area contributed by atoms with Gasteiger partial charge >= 0.3 is 0 Å². The van der Waals surface area contributed by atoms with E-state index in [2.05, 4.69) is 40.1 Å². The number of nitrogens with zero attached hydrogens (tertiary/aromatic N) is 2. The molecule has 1 aromatic carbocycles. The van der Waals surface area contributed by atoms with E-state index in [4.69, 9.17) is 4.74 Å². The summed E-state index contributed by atoms with van der Waals surface area (Å²) >= 11 is 0. The summed E-state index contributed by atoms with van der Waals surface area (Å²) in [6.07, 6.45) is 10.2. The number of piperidine rings is 2. The van der Waals surface area contributed by atoms with Gasteiger partial charge in [0.15, 0.2) is 0 Å². The Morgan fingerprint density at radius 2 is 1.44 bits per heavy atom. The fourth-order valence-corrected chi connectivity index (χ4v) is 4.39. The quantitative estimate of drug-likeness (QED) is 0.786. The fraction of sp³-hybridized carbons (Fsp3) is 0.727. The molecular formula is C22H36N2O. The monoisotopic (exact) mass is 344 g/mol. The van der Waals surface area contributed by atoms with Gasteiger partial charge in [-0.05, 0) is 63.7 Å². The third-order valence-electron chi connectivity index (χ3n) is 5.93. The van der Waals surface area contributed by atoms with E-state index < -0.39 is 0 Å². The lowest BCUT2D eigenvalue weighted by atomic mass is 9.86. The molecule has 2 aliphatic heterocycles. The SMILES string of the molecule is CC.c1ccc(N2CCC(OC3CC(N4CCCCC4)C3)CC2)cc1. The molecule has 1 aromatic rings. The lowest BCUT2D eigenvalue weighted by Gasteiger charge is -2.46. The van der Waals surface area contributed by atoms with Crippen LogP contribution in [0.25, 0.3) is 0 Å². The summed E-state index contributed by atoms with van der Waals surface area (Å²) in [5.41, 5.74) is 1.36. The van der Waals surface area contributed by atoms with Crippen molar-refractivity contribution in [2.75, 3.05) is 31.1 Å². The molecule has 0 bridgehead atoms. The van der Waals surface area contributed by atoms with Gasteiger partial charge in [-0.25, -0.2) is 0 Å². The molecule has 0 N–H and O–H groups in total. The highest BCUT2D eigenvalue weighted by Gasteiger charge is 2.36. The Bertz CT molecular complexity index is 472. The molecule has 3 aliphatic rings. The van der Waals surface area contributed by atoms with Crippen LogP contribution in [0.2, 0.25) is 0 Å². The average molecular weight is 345 g/mol. The van der Waals surface area contributed by atoms with Gasteiger partial charge in [0.05, 0.1) is 12.2 Å². The minimum absolute atomic E-state index is 0.488. The van der Waals surface area contributed by atoms with E-state index in [1.807, 2.05) is 13.8 Å². The van der Waals surface area contributed by atoms with Crippen molar-refractivity contribution in [2.24, 2.45) is 0 Å². The smallest absolute Gasteiger partial charge is 0.0612 e. The molecule has 1 saturated carbocycles. The first-order chi connectivity index (χ1) is 12.4. The number of hydrogen-bond acceptors (Lipinski definition) is 3. The van der Waals surface area contributed by atoms with Gasteiger partial charge in [-0.3, -0.25) is 0 Å². The first kappa shape index (κ1) is 18.7. The van der Waals surface area contributed by atoms with E-state index in [-0.39, 0.29) is 0 Å². The molecule has 2 heterocycles. The van der Waals surface area contributed by atoms with Crippen molar-refractivity contribution < 1.29 is 4.74 Å². The van der Waals surface area contributed by atoms with E-state index >= 15 is 0 Å². The van der Waals surface area contributed by atoms with Crippen LogP contribution in [0.4, 0.5) is 5.69 Å². The number of para-hydroxylation sites is 1.